The molecule has 2 aromatic rings. The third-order valence-electron chi connectivity index (χ3n) is 2.41. The van der Waals surface area contributed by atoms with Crippen molar-refractivity contribution in [3.05, 3.63) is 45.7 Å². The predicted molar refractivity (Wildman–Crippen MR) is 74.2 cm³/mol. The Morgan fingerprint density at radius 1 is 1.53 bits per heavy atom. The van der Waals surface area contributed by atoms with Crippen LogP contribution in [0.3, 0.4) is 0 Å². The van der Waals surface area contributed by atoms with E-state index in [1.165, 1.54) is 35.2 Å². The first-order chi connectivity index (χ1) is 9.04. The molecule has 1 N–H and O–H groups in total. The number of carbonyl (C=O) groups is 1. The van der Waals surface area contributed by atoms with Gasteiger partial charge in [-0.25, -0.2) is 9.37 Å². The molecule has 1 heterocycles. The normalized spacial score (nSPS) is 10.6. The van der Waals surface area contributed by atoms with Crippen molar-refractivity contribution in [3.8, 4) is 0 Å². The van der Waals surface area contributed by atoms with Crippen LogP contribution in [-0.4, -0.2) is 16.1 Å². The monoisotopic (exact) mass is 297 g/mol. The van der Waals surface area contributed by atoms with Crippen LogP contribution in [0.2, 0.25) is 0 Å². The highest BCUT2D eigenvalue weighted by Gasteiger charge is 2.11. The summed E-state index contributed by atoms with van der Waals surface area (Å²) in [7, 11) is 0. The zero-order valence-corrected chi connectivity index (χ0v) is 11.9. The van der Waals surface area contributed by atoms with Crippen LogP contribution in [0.1, 0.15) is 15.6 Å². The average Bonchev–Trinajstić information content (AvgIpc) is 2.67. The van der Waals surface area contributed by atoms with E-state index >= 15 is 0 Å². The van der Waals surface area contributed by atoms with Crippen LogP contribution in [0.15, 0.2) is 29.2 Å². The van der Waals surface area contributed by atoms with Gasteiger partial charge < -0.3 is 5.11 Å². The van der Waals surface area contributed by atoms with Crippen LogP contribution >= 0.6 is 23.1 Å². The number of hydrogen-bond donors (Lipinski definition) is 1. The number of nitrogens with zero attached hydrogens (tertiary/aromatic N) is 1. The molecular weight excluding hydrogens is 285 g/mol. The molecule has 1 aromatic heterocycles. The van der Waals surface area contributed by atoms with Gasteiger partial charge in [-0.3, -0.25) is 4.79 Å². The lowest BCUT2D eigenvalue weighted by atomic mass is 10.3. The van der Waals surface area contributed by atoms with Gasteiger partial charge in [-0.15, -0.1) is 23.1 Å². The van der Waals surface area contributed by atoms with Gasteiger partial charge in [0.2, 0.25) is 0 Å². The van der Waals surface area contributed by atoms with Gasteiger partial charge in [0.05, 0.1) is 17.9 Å². The van der Waals surface area contributed by atoms with E-state index in [0.29, 0.717) is 5.75 Å². The van der Waals surface area contributed by atoms with Gasteiger partial charge in [0.25, 0.3) is 0 Å². The Bertz CT molecular complexity index is 598. The summed E-state index contributed by atoms with van der Waals surface area (Å²) in [6.07, 6.45) is 0.00807. The van der Waals surface area contributed by atoms with E-state index in [1.807, 2.05) is 13.0 Å². The maximum absolute atomic E-state index is 13.0. The first-order valence-electron chi connectivity index (χ1n) is 5.60. The second kappa shape index (κ2) is 6.16. The number of carboxylic acids is 1. The number of hydrogen-bond acceptors (Lipinski definition) is 4. The molecule has 1 aromatic carbocycles. The van der Waals surface area contributed by atoms with Crippen molar-refractivity contribution in [2.45, 2.75) is 24.0 Å². The minimum absolute atomic E-state index is 0.00807. The molecule has 0 atom stereocenters. The molecule has 0 fully saturated rings. The molecule has 0 amide bonds. The van der Waals surface area contributed by atoms with Crippen LogP contribution in [0, 0.1) is 12.7 Å². The van der Waals surface area contributed by atoms with E-state index in [2.05, 4.69) is 4.98 Å². The molecule has 2 rings (SSSR count). The third kappa shape index (κ3) is 4.04. The summed E-state index contributed by atoms with van der Waals surface area (Å²) in [6, 6.07) is 6.39. The highest BCUT2D eigenvalue weighted by molar-refractivity contribution is 7.98. The van der Waals surface area contributed by atoms with Gasteiger partial charge in [-0.05, 0) is 25.1 Å². The van der Waals surface area contributed by atoms with Gasteiger partial charge in [0.1, 0.15) is 10.8 Å². The maximum Gasteiger partial charge on any atom is 0.308 e. The summed E-state index contributed by atoms with van der Waals surface area (Å²) >= 11 is 2.89. The maximum atomic E-state index is 13.0. The van der Waals surface area contributed by atoms with Crippen LogP contribution in [0.25, 0.3) is 0 Å². The lowest BCUT2D eigenvalue weighted by Gasteiger charge is -1.98. The number of aromatic nitrogens is 1. The molecule has 0 aliphatic heterocycles. The fourth-order valence-corrected chi connectivity index (χ4v) is 3.55. The summed E-state index contributed by atoms with van der Waals surface area (Å²) in [4.78, 5) is 16.6. The van der Waals surface area contributed by atoms with Crippen LogP contribution < -0.4 is 0 Å². The first-order valence-corrected chi connectivity index (χ1v) is 7.40. The van der Waals surface area contributed by atoms with Crippen molar-refractivity contribution in [1.82, 2.24) is 4.98 Å². The average molecular weight is 297 g/mol. The van der Waals surface area contributed by atoms with Crippen LogP contribution in [0.4, 0.5) is 4.39 Å². The molecule has 0 saturated carbocycles. The molecule has 100 valence electrons. The van der Waals surface area contributed by atoms with E-state index in [4.69, 9.17) is 5.11 Å². The standard InChI is InChI=1S/C13H12FNO2S2/c1-8-11(6-13(16)17)19-12(15-8)7-18-10-4-2-3-9(14)5-10/h2-5H,6-7H2,1H3,(H,16,17). The minimum atomic E-state index is -0.851. The molecule has 0 radical (unpaired) electrons. The van der Waals surface area contributed by atoms with Crippen molar-refractivity contribution < 1.29 is 14.3 Å². The van der Waals surface area contributed by atoms with Crippen molar-refractivity contribution in [3.63, 3.8) is 0 Å². The van der Waals surface area contributed by atoms with E-state index in [-0.39, 0.29) is 12.2 Å². The number of aryl methyl sites for hydroxylation is 1. The van der Waals surface area contributed by atoms with Gasteiger partial charge in [0, 0.05) is 9.77 Å². The molecule has 19 heavy (non-hydrogen) atoms. The van der Waals surface area contributed by atoms with Crippen LogP contribution in [-0.2, 0) is 17.0 Å². The van der Waals surface area contributed by atoms with Crippen molar-refractivity contribution in [1.29, 1.82) is 0 Å². The van der Waals surface area contributed by atoms with E-state index in [1.54, 1.807) is 6.07 Å². The number of thiazole rings is 1. The summed E-state index contributed by atoms with van der Waals surface area (Å²) in [5.41, 5.74) is 0.766. The molecule has 0 aliphatic rings. The summed E-state index contributed by atoms with van der Waals surface area (Å²) < 4.78 is 13.0. The zero-order chi connectivity index (χ0) is 13.8. The number of halogens is 1. The van der Waals surface area contributed by atoms with Gasteiger partial charge in [-0.2, -0.15) is 0 Å². The lowest BCUT2D eigenvalue weighted by Crippen LogP contribution is -1.99. The first kappa shape index (κ1) is 14.0. The lowest BCUT2D eigenvalue weighted by molar-refractivity contribution is -0.136. The summed E-state index contributed by atoms with van der Waals surface area (Å²) in [5.74, 6) is -0.489. The van der Waals surface area contributed by atoms with E-state index in [9.17, 15) is 9.18 Å². The molecule has 6 heteroatoms. The second-order valence-corrected chi connectivity index (χ2v) is 6.15. The Morgan fingerprint density at radius 3 is 3.00 bits per heavy atom. The van der Waals surface area contributed by atoms with E-state index < -0.39 is 5.97 Å². The topological polar surface area (TPSA) is 50.2 Å². The van der Waals surface area contributed by atoms with Crippen LogP contribution in [0.5, 0.6) is 0 Å². The van der Waals surface area contributed by atoms with E-state index in [0.717, 1.165) is 20.5 Å². The molecule has 0 saturated heterocycles. The Morgan fingerprint density at radius 2 is 2.32 bits per heavy atom. The second-order valence-electron chi connectivity index (χ2n) is 3.93. The number of thioether (sulfide) groups is 1. The fraction of sp³-hybridized carbons (Fsp3) is 0.231. The Labute approximate surface area is 118 Å². The molecule has 3 nitrogen and oxygen atoms in total. The van der Waals surface area contributed by atoms with Crippen molar-refractivity contribution >= 4 is 29.1 Å². The number of rotatable bonds is 5. The summed E-state index contributed by atoms with van der Waals surface area (Å²) in [5, 5.41) is 9.63. The Hall–Kier alpha value is -1.40. The SMILES string of the molecule is Cc1nc(CSc2cccc(F)c2)sc1CC(=O)O. The van der Waals surface area contributed by atoms with Gasteiger partial charge in [0.15, 0.2) is 0 Å². The van der Waals surface area contributed by atoms with Gasteiger partial charge in [-0.1, -0.05) is 6.07 Å². The minimum Gasteiger partial charge on any atom is -0.481 e. The largest absolute Gasteiger partial charge is 0.481 e. The molecule has 0 bridgehead atoms. The van der Waals surface area contributed by atoms with Crippen molar-refractivity contribution in [2.24, 2.45) is 0 Å². The zero-order valence-electron chi connectivity index (χ0n) is 10.2. The van der Waals surface area contributed by atoms with Gasteiger partial charge >= 0.3 is 5.97 Å². The highest BCUT2D eigenvalue weighted by atomic mass is 32.2. The molecule has 0 spiro atoms. The predicted octanol–water partition coefficient (Wildman–Crippen LogP) is 3.51. The molecule has 0 aliphatic carbocycles. The molecule has 0 unspecified atom stereocenters. The number of benzene rings is 1. The number of carboxylic acid groups (broad SMARTS) is 1. The Kier molecular flexibility index (Phi) is 4.55. The smallest absolute Gasteiger partial charge is 0.308 e. The summed E-state index contributed by atoms with van der Waals surface area (Å²) in [6.45, 7) is 1.81. The number of aliphatic carboxylic acids is 1. The highest BCUT2D eigenvalue weighted by Crippen LogP contribution is 2.27. The Balaban J connectivity index is 2.02. The van der Waals surface area contributed by atoms with Crippen molar-refractivity contribution in [2.75, 3.05) is 0 Å². The fourth-order valence-electron chi connectivity index (χ4n) is 1.55. The molecular formula is C13H12FNO2S2. The third-order valence-corrected chi connectivity index (χ3v) is 4.75. The quantitative estimate of drug-likeness (QED) is 0.858.